The molecule has 5 heteroatoms. The summed E-state index contributed by atoms with van der Waals surface area (Å²) in [6, 6.07) is 14.5. The predicted molar refractivity (Wildman–Crippen MR) is 106 cm³/mol. The number of para-hydroxylation sites is 1. The number of benzene rings is 2. The van der Waals surface area contributed by atoms with E-state index in [1.165, 1.54) is 21.8 Å². The number of ether oxygens (including phenoxy) is 1. The molecule has 136 valence electrons. The molecule has 0 aliphatic carbocycles. The van der Waals surface area contributed by atoms with E-state index in [-0.39, 0.29) is 12.0 Å². The molecule has 1 aliphatic heterocycles. The summed E-state index contributed by atoms with van der Waals surface area (Å²) < 4.78 is 7.86. The van der Waals surface area contributed by atoms with Crippen LogP contribution in [0.5, 0.6) is 0 Å². The van der Waals surface area contributed by atoms with E-state index in [0.29, 0.717) is 6.54 Å². The molecule has 26 heavy (non-hydrogen) atoms. The van der Waals surface area contributed by atoms with E-state index in [0.717, 1.165) is 38.2 Å². The molecule has 1 atom stereocenters. The van der Waals surface area contributed by atoms with Gasteiger partial charge in [-0.15, -0.1) is 0 Å². The Labute approximate surface area is 153 Å². The van der Waals surface area contributed by atoms with Gasteiger partial charge in [0.15, 0.2) is 0 Å². The molecule has 0 saturated carbocycles. The molecule has 0 unspecified atom stereocenters. The minimum absolute atomic E-state index is 0.0263. The van der Waals surface area contributed by atoms with Crippen molar-refractivity contribution >= 4 is 33.4 Å². The van der Waals surface area contributed by atoms with Crippen molar-refractivity contribution in [3.63, 3.8) is 0 Å². The van der Waals surface area contributed by atoms with E-state index < -0.39 is 0 Å². The number of carbonyl (C=O) groups is 1. The lowest BCUT2D eigenvalue weighted by Gasteiger charge is -2.11. The monoisotopic (exact) mass is 351 g/mol. The van der Waals surface area contributed by atoms with Gasteiger partial charge in [-0.25, -0.2) is 0 Å². The third-order valence-electron chi connectivity index (χ3n) is 5.05. The Bertz CT molecular complexity index is 926. The number of fused-ring (bicyclic) bond motifs is 3. The lowest BCUT2D eigenvalue weighted by molar-refractivity contribution is -0.115. The van der Waals surface area contributed by atoms with Crippen LogP contribution in [0.4, 0.5) is 5.69 Å². The minimum Gasteiger partial charge on any atom is -0.377 e. The van der Waals surface area contributed by atoms with Gasteiger partial charge in [-0.05, 0) is 44.0 Å². The van der Waals surface area contributed by atoms with Crippen LogP contribution in [0.2, 0.25) is 0 Å². The first-order valence-corrected chi connectivity index (χ1v) is 9.39. The molecule has 0 bridgehead atoms. The summed E-state index contributed by atoms with van der Waals surface area (Å²) in [5, 5.41) is 8.58. The summed E-state index contributed by atoms with van der Waals surface area (Å²) in [5.41, 5.74) is 3.26. The third-order valence-corrected chi connectivity index (χ3v) is 5.05. The van der Waals surface area contributed by atoms with Gasteiger partial charge >= 0.3 is 0 Å². The maximum atomic E-state index is 12.2. The topological polar surface area (TPSA) is 55.3 Å². The number of anilines is 1. The van der Waals surface area contributed by atoms with Gasteiger partial charge in [0, 0.05) is 47.2 Å². The van der Waals surface area contributed by atoms with Crippen LogP contribution in [-0.4, -0.2) is 36.3 Å². The average molecular weight is 351 g/mol. The molecule has 1 fully saturated rings. The Morgan fingerprint density at radius 3 is 2.85 bits per heavy atom. The normalized spacial score (nSPS) is 17.2. The van der Waals surface area contributed by atoms with Gasteiger partial charge in [-0.1, -0.05) is 18.2 Å². The van der Waals surface area contributed by atoms with Gasteiger partial charge in [0.1, 0.15) is 0 Å². The molecule has 1 aromatic heterocycles. The molecule has 0 radical (unpaired) electrons. The van der Waals surface area contributed by atoms with Crippen LogP contribution in [0.15, 0.2) is 42.5 Å². The van der Waals surface area contributed by atoms with E-state index >= 15 is 0 Å². The first-order chi connectivity index (χ1) is 12.8. The van der Waals surface area contributed by atoms with Crippen molar-refractivity contribution in [2.75, 3.05) is 25.0 Å². The lowest BCUT2D eigenvalue weighted by Crippen LogP contribution is -2.33. The van der Waals surface area contributed by atoms with Crippen molar-refractivity contribution in [2.45, 2.75) is 32.4 Å². The van der Waals surface area contributed by atoms with Crippen LogP contribution >= 0.6 is 0 Å². The molecular weight excluding hydrogens is 326 g/mol. The van der Waals surface area contributed by atoms with Crippen molar-refractivity contribution in [2.24, 2.45) is 0 Å². The van der Waals surface area contributed by atoms with Crippen LogP contribution in [0, 0.1) is 0 Å². The van der Waals surface area contributed by atoms with Gasteiger partial charge in [-0.3, -0.25) is 4.79 Å². The Morgan fingerprint density at radius 2 is 2.04 bits per heavy atom. The molecule has 2 aromatic carbocycles. The Kier molecular flexibility index (Phi) is 4.91. The highest BCUT2D eigenvalue weighted by molar-refractivity contribution is 6.09. The summed E-state index contributed by atoms with van der Waals surface area (Å²) in [7, 11) is 0. The quantitative estimate of drug-likeness (QED) is 0.714. The maximum absolute atomic E-state index is 12.2. The average Bonchev–Trinajstić information content (AvgIpc) is 3.27. The zero-order valence-electron chi connectivity index (χ0n) is 15.1. The number of rotatable bonds is 6. The number of nitrogens with one attached hydrogen (secondary N) is 2. The first kappa shape index (κ1) is 17.1. The summed E-state index contributed by atoms with van der Waals surface area (Å²) in [6.07, 6.45) is 2.44. The number of nitrogens with zero attached hydrogens (tertiary/aromatic N) is 1. The zero-order chi connectivity index (χ0) is 17.9. The summed E-state index contributed by atoms with van der Waals surface area (Å²) in [5.74, 6) is -0.0263. The Balaban J connectivity index is 1.48. The highest BCUT2D eigenvalue weighted by Gasteiger charge is 2.15. The Hall–Kier alpha value is -2.37. The van der Waals surface area contributed by atoms with Crippen LogP contribution in [0.3, 0.4) is 0 Å². The molecule has 4 rings (SSSR count). The number of hydrogen-bond donors (Lipinski definition) is 2. The van der Waals surface area contributed by atoms with E-state index in [2.05, 4.69) is 58.5 Å². The van der Waals surface area contributed by atoms with E-state index in [1.807, 2.05) is 6.07 Å². The van der Waals surface area contributed by atoms with E-state index in [4.69, 9.17) is 4.74 Å². The second-order valence-corrected chi connectivity index (χ2v) is 6.81. The molecule has 1 amide bonds. The highest BCUT2D eigenvalue weighted by atomic mass is 16.5. The van der Waals surface area contributed by atoms with Crippen molar-refractivity contribution in [3.8, 4) is 0 Å². The molecule has 5 nitrogen and oxygen atoms in total. The van der Waals surface area contributed by atoms with Crippen molar-refractivity contribution < 1.29 is 9.53 Å². The van der Waals surface area contributed by atoms with Crippen LogP contribution < -0.4 is 10.6 Å². The molecule has 1 saturated heterocycles. The van der Waals surface area contributed by atoms with Gasteiger partial charge < -0.3 is 19.9 Å². The number of hydrogen-bond acceptors (Lipinski definition) is 3. The number of amides is 1. The minimum atomic E-state index is -0.0263. The maximum Gasteiger partial charge on any atom is 0.238 e. The Morgan fingerprint density at radius 1 is 1.19 bits per heavy atom. The molecule has 3 aromatic rings. The molecule has 2 heterocycles. The fourth-order valence-electron chi connectivity index (χ4n) is 3.83. The number of aryl methyl sites for hydroxylation is 1. The second-order valence-electron chi connectivity index (χ2n) is 6.81. The van der Waals surface area contributed by atoms with Gasteiger partial charge in [-0.2, -0.15) is 0 Å². The predicted octanol–water partition coefficient (Wildman–Crippen LogP) is 3.52. The fraction of sp³-hybridized carbons (Fsp3) is 0.381. The van der Waals surface area contributed by atoms with Gasteiger partial charge in [0.05, 0.1) is 12.6 Å². The molecule has 2 N–H and O–H groups in total. The smallest absolute Gasteiger partial charge is 0.238 e. The van der Waals surface area contributed by atoms with E-state index in [9.17, 15) is 4.79 Å². The second kappa shape index (κ2) is 7.48. The zero-order valence-corrected chi connectivity index (χ0v) is 15.1. The standard InChI is InChI=1S/C21H25N3O2/c1-2-24-19-8-4-3-7-17(19)18-12-15(9-10-20(18)24)23-21(25)14-22-13-16-6-5-11-26-16/h3-4,7-10,12,16,22H,2,5-6,11,13-14H2,1H3,(H,23,25)/t16-/m0/s1. The number of carbonyl (C=O) groups excluding carboxylic acids is 1. The summed E-state index contributed by atoms with van der Waals surface area (Å²) in [4.78, 5) is 12.2. The van der Waals surface area contributed by atoms with E-state index in [1.54, 1.807) is 0 Å². The summed E-state index contributed by atoms with van der Waals surface area (Å²) >= 11 is 0. The lowest BCUT2D eigenvalue weighted by atomic mass is 10.1. The SMILES string of the molecule is CCn1c2ccccc2c2cc(NC(=O)CNC[C@@H]3CCCO3)ccc21. The van der Waals surface area contributed by atoms with Crippen LogP contribution in [0.25, 0.3) is 21.8 Å². The van der Waals surface area contributed by atoms with Crippen LogP contribution in [0.1, 0.15) is 19.8 Å². The van der Waals surface area contributed by atoms with Crippen molar-refractivity contribution in [1.29, 1.82) is 0 Å². The van der Waals surface area contributed by atoms with Crippen LogP contribution in [-0.2, 0) is 16.1 Å². The summed E-state index contributed by atoms with van der Waals surface area (Å²) in [6.45, 7) is 4.94. The molecule has 1 aliphatic rings. The van der Waals surface area contributed by atoms with Crippen molar-refractivity contribution in [1.82, 2.24) is 9.88 Å². The van der Waals surface area contributed by atoms with Gasteiger partial charge in [0.2, 0.25) is 5.91 Å². The van der Waals surface area contributed by atoms with Gasteiger partial charge in [0.25, 0.3) is 0 Å². The molecular formula is C21H25N3O2. The third kappa shape index (κ3) is 3.32. The largest absolute Gasteiger partial charge is 0.377 e. The highest BCUT2D eigenvalue weighted by Crippen LogP contribution is 2.30. The molecule has 0 spiro atoms. The number of aromatic nitrogens is 1. The van der Waals surface area contributed by atoms with Crippen molar-refractivity contribution in [3.05, 3.63) is 42.5 Å². The fourth-order valence-corrected chi connectivity index (χ4v) is 3.83. The first-order valence-electron chi connectivity index (χ1n) is 9.39.